The van der Waals surface area contributed by atoms with Crippen LogP contribution in [0.3, 0.4) is 0 Å². The summed E-state index contributed by atoms with van der Waals surface area (Å²) >= 11 is 0. The predicted octanol–water partition coefficient (Wildman–Crippen LogP) is 1.73. The largest absolute Gasteiger partial charge is 0.313 e. The Labute approximate surface area is 115 Å². The van der Waals surface area contributed by atoms with Gasteiger partial charge in [-0.1, -0.05) is 6.42 Å². The Hall–Kier alpha value is -0.650. The van der Waals surface area contributed by atoms with Gasteiger partial charge >= 0.3 is 0 Å². The summed E-state index contributed by atoms with van der Waals surface area (Å²) in [4.78, 5) is 3.96. The zero-order valence-electron chi connectivity index (χ0n) is 10.4. The van der Waals surface area contributed by atoms with Gasteiger partial charge in [0.25, 0.3) is 0 Å². The third-order valence-electron chi connectivity index (χ3n) is 3.04. The van der Waals surface area contributed by atoms with Crippen LogP contribution in [0.15, 0.2) is 23.4 Å². The highest BCUT2D eigenvalue weighted by atomic mass is 35.5. The minimum absolute atomic E-state index is 0. The number of piperidine rings is 1. The molecule has 18 heavy (non-hydrogen) atoms. The Balaban J connectivity index is 0.00000162. The first-order valence-corrected chi connectivity index (χ1v) is 7.62. The van der Waals surface area contributed by atoms with Crippen molar-refractivity contribution in [2.24, 2.45) is 0 Å². The van der Waals surface area contributed by atoms with Gasteiger partial charge in [0.1, 0.15) is 0 Å². The van der Waals surface area contributed by atoms with Crippen molar-refractivity contribution < 1.29 is 8.42 Å². The number of aryl methyl sites for hydroxylation is 1. The molecule has 6 heteroatoms. The number of pyridine rings is 1. The zero-order valence-corrected chi connectivity index (χ0v) is 12.1. The SMILES string of the molecule is Cc1ccnc(S(=O)(=O)CC2CCCCN2)c1.Cl. The van der Waals surface area contributed by atoms with Crippen molar-refractivity contribution in [3.05, 3.63) is 23.9 Å². The lowest BCUT2D eigenvalue weighted by Crippen LogP contribution is -2.39. The zero-order chi connectivity index (χ0) is 12.3. The van der Waals surface area contributed by atoms with E-state index >= 15 is 0 Å². The topological polar surface area (TPSA) is 59.1 Å². The highest BCUT2D eigenvalue weighted by Gasteiger charge is 2.23. The summed E-state index contributed by atoms with van der Waals surface area (Å²) in [5, 5.41) is 3.45. The molecule has 1 atom stereocenters. The molecule has 0 aliphatic carbocycles. The molecule has 0 radical (unpaired) electrons. The van der Waals surface area contributed by atoms with Crippen LogP contribution in [-0.2, 0) is 9.84 Å². The van der Waals surface area contributed by atoms with Crippen LogP contribution in [0.4, 0.5) is 0 Å². The van der Waals surface area contributed by atoms with Gasteiger partial charge in [0.15, 0.2) is 14.9 Å². The summed E-state index contributed by atoms with van der Waals surface area (Å²) in [6.45, 7) is 2.79. The van der Waals surface area contributed by atoms with E-state index in [0.717, 1.165) is 31.4 Å². The molecule has 2 heterocycles. The molecule has 1 aromatic heterocycles. The molecule has 1 aliphatic rings. The second-order valence-corrected chi connectivity index (χ2v) is 6.58. The molecule has 4 nitrogen and oxygen atoms in total. The first-order valence-electron chi connectivity index (χ1n) is 5.97. The quantitative estimate of drug-likeness (QED) is 0.921. The van der Waals surface area contributed by atoms with Crippen LogP contribution in [0, 0.1) is 6.92 Å². The van der Waals surface area contributed by atoms with Gasteiger partial charge in [-0.05, 0) is 44.0 Å². The van der Waals surface area contributed by atoms with Crippen molar-refractivity contribution in [3.8, 4) is 0 Å². The first-order chi connectivity index (χ1) is 8.08. The van der Waals surface area contributed by atoms with E-state index in [1.165, 1.54) is 0 Å². The summed E-state index contributed by atoms with van der Waals surface area (Å²) in [6, 6.07) is 3.52. The van der Waals surface area contributed by atoms with Crippen LogP contribution in [0.1, 0.15) is 24.8 Å². The number of nitrogens with zero attached hydrogens (tertiary/aromatic N) is 1. The second kappa shape index (κ2) is 6.50. The fourth-order valence-electron chi connectivity index (χ4n) is 2.10. The molecule has 1 aromatic rings. The van der Waals surface area contributed by atoms with E-state index in [1.807, 2.05) is 6.92 Å². The molecule has 0 amide bonds. The first kappa shape index (κ1) is 15.4. The molecule has 1 fully saturated rings. The summed E-state index contributed by atoms with van der Waals surface area (Å²) < 4.78 is 24.3. The summed E-state index contributed by atoms with van der Waals surface area (Å²) in [7, 11) is -3.26. The van der Waals surface area contributed by atoms with Crippen LogP contribution in [-0.4, -0.2) is 31.7 Å². The maximum absolute atomic E-state index is 12.2. The van der Waals surface area contributed by atoms with E-state index in [0.29, 0.717) is 0 Å². The number of rotatable bonds is 3. The molecule has 1 N–H and O–H groups in total. The molecule has 0 saturated carbocycles. The summed E-state index contributed by atoms with van der Waals surface area (Å²) in [6.07, 6.45) is 4.73. The number of nitrogens with one attached hydrogen (secondary N) is 1. The molecule has 2 rings (SSSR count). The summed E-state index contributed by atoms with van der Waals surface area (Å²) in [5.41, 5.74) is 0.926. The normalized spacial score (nSPS) is 20.2. The average molecular weight is 291 g/mol. The Morgan fingerprint density at radius 3 is 2.83 bits per heavy atom. The van der Waals surface area contributed by atoms with Gasteiger partial charge in [-0.15, -0.1) is 12.4 Å². The Morgan fingerprint density at radius 1 is 1.44 bits per heavy atom. The average Bonchev–Trinajstić information content (AvgIpc) is 2.30. The van der Waals surface area contributed by atoms with E-state index in [-0.39, 0.29) is 29.2 Å². The van der Waals surface area contributed by atoms with Crippen molar-refractivity contribution in [3.63, 3.8) is 0 Å². The lowest BCUT2D eigenvalue weighted by molar-refractivity contribution is 0.423. The Bertz CT molecular complexity index is 485. The number of hydrogen-bond acceptors (Lipinski definition) is 4. The van der Waals surface area contributed by atoms with E-state index in [1.54, 1.807) is 18.3 Å². The van der Waals surface area contributed by atoms with E-state index in [4.69, 9.17) is 0 Å². The Morgan fingerprint density at radius 2 is 2.22 bits per heavy atom. The maximum atomic E-state index is 12.2. The molecule has 1 unspecified atom stereocenters. The van der Waals surface area contributed by atoms with Crippen molar-refractivity contribution in [1.82, 2.24) is 10.3 Å². The standard InChI is InChI=1S/C12H18N2O2S.ClH/c1-10-5-7-14-12(8-10)17(15,16)9-11-4-2-3-6-13-11;/h5,7-8,11,13H,2-4,6,9H2,1H3;1H. The minimum Gasteiger partial charge on any atom is -0.313 e. The van der Waals surface area contributed by atoms with E-state index in [2.05, 4.69) is 10.3 Å². The molecule has 1 aliphatic heterocycles. The van der Waals surface area contributed by atoms with E-state index < -0.39 is 9.84 Å². The van der Waals surface area contributed by atoms with Gasteiger partial charge < -0.3 is 5.32 Å². The third kappa shape index (κ3) is 3.93. The van der Waals surface area contributed by atoms with Gasteiger partial charge in [0, 0.05) is 12.2 Å². The second-order valence-electron chi connectivity index (χ2n) is 4.60. The van der Waals surface area contributed by atoms with Gasteiger partial charge in [-0.3, -0.25) is 0 Å². The van der Waals surface area contributed by atoms with Crippen LogP contribution in [0.2, 0.25) is 0 Å². The number of sulfone groups is 1. The molecular weight excluding hydrogens is 272 g/mol. The van der Waals surface area contributed by atoms with Gasteiger partial charge in [-0.2, -0.15) is 0 Å². The fourth-order valence-corrected chi connectivity index (χ4v) is 3.67. The number of aromatic nitrogens is 1. The monoisotopic (exact) mass is 290 g/mol. The fraction of sp³-hybridized carbons (Fsp3) is 0.583. The number of hydrogen-bond donors (Lipinski definition) is 1. The highest BCUT2D eigenvalue weighted by molar-refractivity contribution is 7.91. The van der Waals surface area contributed by atoms with Gasteiger partial charge in [0.05, 0.1) is 5.75 Å². The van der Waals surface area contributed by atoms with Gasteiger partial charge in [0.2, 0.25) is 0 Å². The molecule has 0 spiro atoms. The summed E-state index contributed by atoms with van der Waals surface area (Å²) in [5.74, 6) is 0.156. The maximum Gasteiger partial charge on any atom is 0.197 e. The third-order valence-corrected chi connectivity index (χ3v) is 4.74. The van der Waals surface area contributed by atoms with Crippen molar-refractivity contribution in [2.75, 3.05) is 12.3 Å². The minimum atomic E-state index is -3.26. The predicted molar refractivity (Wildman–Crippen MR) is 73.9 cm³/mol. The Kier molecular flexibility index (Phi) is 5.56. The van der Waals surface area contributed by atoms with Crippen LogP contribution in [0.25, 0.3) is 0 Å². The van der Waals surface area contributed by atoms with Crippen molar-refractivity contribution in [2.45, 2.75) is 37.3 Å². The van der Waals surface area contributed by atoms with Crippen LogP contribution < -0.4 is 5.32 Å². The molecule has 0 bridgehead atoms. The molecular formula is C12H19ClN2O2S. The van der Waals surface area contributed by atoms with Crippen molar-refractivity contribution >= 4 is 22.2 Å². The van der Waals surface area contributed by atoms with Crippen LogP contribution in [0.5, 0.6) is 0 Å². The van der Waals surface area contributed by atoms with Crippen molar-refractivity contribution in [1.29, 1.82) is 0 Å². The molecule has 1 saturated heterocycles. The van der Waals surface area contributed by atoms with Crippen LogP contribution >= 0.6 is 12.4 Å². The van der Waals surface area contributed by atoms with E-state index in [9.17, 15) is 8.42 Å². The lowest BCUT2D eigenvalue weighted by atomic mass is 10.1. The number of halogens is 1. The molecule has 0 aromatic carbocycles. The highest BCUT2D eigenvalue weighted by Crippen LogP contribution is 2.15. The van der Waals surface area contributed by atoms with Gasteiger partial charge in [-0.25, -0.2) is 13.4 Å². The molecule has 102 valence electrons. The lowest BCUT2D eigenvalue weighted by Gasteiger charge is -2.22. The smallest absolute Gasteiger partial charge is 0.197 e.